The van der Waals surface area contributed by atoms with Crippen molar-refractivity contribution in [3.8, 4) is 0 Å². The van der Waals surface area contributed by atoms with Gasteiger partial charge in [-0.05, 0) is 42.5 Å². The van der Waals surface area contributed by atoms with Crippen LogP contribution in [-0.4, -0.2) is 42.3 Å². The van der Waals surface area contributed by atoms with E-state index in [2.05, 4.69) is 6.92 Å². The molecule has 1 saturated heterocycles. The number of benzene rings is 1. The number of rotatable bonds is 5. The number of nitrogens with zero attached hydrogens (tertiary/aromatic N) is 1. The van der Waals surface area contributed by atoms with Gasteiger partial charge in [0, 0.05) is 23.7 Å². The average Bonchev–Trinajstić information content (AvgIpc) is 2.98. The third-order valence-corrected chi connectivity index (χ3v) is 5.26. The Bertz CT molecular complexity index is 632. The summed E-state index contributed by atoms with van der Waals surface area (Å²) in [5, 5.41) is 8.83. The minimum Gasteiger partial charge on any atom is -0.377 e. The van der Waals surface area contributed by atoms with E-state index in [-0.39, 0.29) is 17.9 Å². The van der Waals surface area contributed by atoms with Crippen molar-refractivity contribution in [2.45, 2.75) is 51.0 Å². The number of amides is 1. The lowest BCUT2D eigenvalue weighted by Gasteiger charge is -2.37. The van der Waals surface area contributed by atoms with Crippen molar-refractivity contribution in [3.05, 3.63) is 34.3 Å². The lowest BCUT2D eigenvalue weighted by atomic mass is 9.97. The standard InChI is InChI=1S/C19H25ClN2O2/c1-2-3-15(21)11-16-12-24-9-8-22(16)19(23)18-6-4-13-10-14(20)5-7-17(13)18/h5,7,10,16,18,21H,2-4,6,8-9,11-12H2,1H3. The molecule has 130 valence electrons. The minimum absolute atomic E-state index is 0.00153. The predicted molar refractivity (Wildman–Crippen MR) is 96.1 cm³/mol. The summed E-state index contributed by atoms with van der Waals surface area (Å²) in [6, 6.07) is 5.86. The molecule has 1 heterocycles. The molecule has 2 unspecified atom stereocenters. The Morgan fingerprint density at radius 1 is 1.46 bits per heavy atom. The monoisotopic (exact) mass is 348 g/mol. The topological polar surface area (TPSA) is 53.4 Å². The molecular formula is C19H25ClN2O2. The van der Waals surface area contributed by atoms with Gasteiger partial charge in [-0.15, -0.1) is 0 Å². The molecule has 3 rings (SSSR count). The molecule has 2 aliphatic rings. The number of morpholine rings is 1. The predicted octanol–water partition coefficient (Wildman–Crippen LogP) is 3.81. The van der Waals surface area contributed by atoms with E-state index in [4.69, 9.17) is 21.7 Å². The van der Waals surface area contributed by atoms with Crippen molar-refractivity contribution in [1.82, 2.24) is 4.90 Å². The Balaban J connectivity index is 1.74. The molecule has 0 bridgehead atoms. The van der Waals surface area contributed by atoms with Crippen LogP contribution in [0.25, 0.3) is 0 Å². The maximum Gasteiger partial charge on any atom is 0.230 e. The average molecular weight is 349 g/mol. The van der Waals surface area contributed by atoms with Crippen molar-refractivity contribution in [3.63, 3.8) is 0 Å². The number of halogens is 1. The van der Waals surface area contributed by atoms with Crippen LogP contribution in [0.4, 0.5) is 0 Å². The Morgan fingerprint density at radius 3 is 3.08 bits per heavy atom. The van der Waals surface area contributed by atoms with Gasteiger partial charge >= 0.3 is 0 Å². The van der Waals surface area contributed by atoms with Crippen LogP contribution < -0.4 is 0 Å². The highest BCUT2D eigenvalue weighted by molar-refractivity contribution is 6.30. The van der Waals surface area contributed by atoms with Gasteiger partial charge in [0.05, 0.1) is 25.2 Å². The fourth-order valence-electron chi connectivity index (χ4n) is 3.85. The highest BCUT2D eigenvalue weighted by Gasteiger charge is 2.36. The third-order valence-electron chi connectivity index (χ3n) is 5.03. The molecule has 0 radical (unpaired) electrons. The molecule has 24 heavy (non-hydrogen) atoms. The molecule has 2 atom stereocenters. The summed E-state index contributed by atoms with van der Waals surface area (Å²) in [6.07, 6.45) is 4.15. The molecule has 5 heteroatoms. The van der Waals surface area contributed by atoms with Crippen molar-refractivity contribution in [2.24, 2.45) is 0 Å². The Morgan fingerprint density at radius 2 is 2.29 bits per heavy atom. The first-order valence-electron chi connectivity index (χ1n) is 8.83. The van der Waals surface area contributed by atoms with E-state index in [1.165, 1.54) is 5.56 Å². The fraction of sp³-hybridized carbons (Fsp3) is 0.579. The largest absolute Gasteiger partial charge is 0.377 e. The zero-order valence-electron chi connectivity index (χ0n) is 14.2. The first-order valence-corrected chi connectivity index (χ1v) is 9.20. The van der Waals surface area contributed by atoms with E-state index in [1.807, 2.05) is 23.1 Å². The molecule has 1 N–H and O–H groups in total. The summed E-state index contributed by atoms with van der Waals surface area (Å²) in [6.45, 7) is 3.83. The SMILES string of the molecule is CCCC(=N)CC1COCCN1C(=O)C1CCc2cc(Cl)ccc21. The van der Waals surface area contributed by atoms with Gasteiger partial charge in [0.2, 0.25) is 5.91 Å². The smallest absolute Gasteiger partial charge is 0.230 e. The van der Waals surface area contributed by atoms with Crippen LogP contribution in [0.1, 0.15) is 49.7 Å². The summed E-state index contributed by atoms with van der Waals surface area (Å²) in [4.78, 5) is 15.1. The number of fused-ring (bicyclic) bond motifs is 1. The number of hydrogen-bond donors (Lipinski definition) is 1. The fourth-order valence-corrected chi connectivity index (χ4v) is 4.04. The molecule has 1 aromatic carbocycles. The van der Waals surface area contributed by atoms with E-state index < -0.39 is 0 Å². The number of carbonyl (C=O) groups is 1. The maximum atomic E-state index is 13.2. The normalized spacial score (nSPS) is 23.2. The summed E-state index contributed by atoms with van der Waals surface area (Å²) >= 11 is 6.07. The molecule has 0 aromatic heterocycles. The van der Waals surface area contributed by atoms with Crippen molar-refractivity contribution in [1.29, 1.82) is 5.41 Å². The zero-order valence-corrected chi connectivity index (χ0v) is 14.9. The van der Waals surface area contributed by atoms with Gasteiger partial charge in [-0.25, -0.2) is 0 Å². The van der Waals surface area contributed by atoms with E-state index >= 15 is 0 Å². The molecule has 1 fully saturated rings. The quantitative estimate of drug-likeness (QED) is 0.823. The van der Waals surface area contributed by atoms with Crippen LogP contribution >= 0.6 is 11.6 Å². The lowest BCUT2D eigenvalue weighted by molar-refractivity contribution is -0.141. The summed E-state index contributed by atoms with van der Waals surface area (Å²) in [5.74, 6) is 0.117. The first-order chi connectivity index (χ1) is 11.6. The number of carbonyl (C=O) groups excluding carboxylic acids is 1. The van der Waals surface area contributed by atoms with E-state index in [1.54, 1.807) is 0 Å². The summed E-state index contributed by atoms with van der Waals surface area (Å²) < 4.78 is 5.58. The highest BCUT2D eigenvalue weighted by atomic mass is 35.5. The lowest BCUT2D eigenvalue weighted by Crippen LogP contribution is -2.50. The minimum atomic E-state index is -0.0711. The number of hydrogen-bond acceptors (Lipinski definition) is 3. The van der Waals surface area contributed by atoms with Crippen LogP contribution in [0.5, 0.6) is 0 Å². The van der Waals surface area contributed by atoms with Crippen LogP contribution in [0.2, 0.25) is 5.02 Å². The Hall–Kier alpha value is -1.39. The molecule has 1 amide bonds. The molecule has 0 spiro atoms. The zero-order chi connectivity index (χ0) is 17.1. The molecule has 4 nitrogen and oxygen atoms in total. The van der Waals surface area contributed by atoms with E-state index in [9.17, 15) is 4.79 Å². The Kier molecular flexibility index (Phi) is 5.57. The molecular weight excluding hydrogens is 324 g/mol. The second-order valence-corrected chi connectivity index (χ2v) is 7.19. The van der Waals surface area contributed by atoms with Gasteiger partial charge < -0.3 is 15.0 Å². The van der Waals surface area contributed by atoms with Gasteiger partial charge in [-0.3, -0.25) is 4.79 Å². The highest BCUT2D eigenvalue weighted by Crippen LogP contribution is 2.36. The van der Waals surface area contributed by atoms with Crippen molar-refractivity contribution in [2.75, 3.05) is 19.8 Å². The van der Waals surface area contributed by atoms with E-state index in [0.29, 0.717) is 31.9 Å². The number of aryl methyl sites for hydroxylation is 1. The van der Waals surface area contributed by atoms with Gasteiger partial charge in [0.25, 0.3) is 0 Å². The second kappa shape index (κ2) is 7.66. The van der Waals surface area contributed by atoms with Crippen molar-refractivity contribution < 1.29 is 9.53 Å². The van der Waals surface area contributed by atoms with Crippen molar-refractivity contribution >= 4 is 23.2 Å². The summed E-state index contributed by atoms with van der Waals surface area (Å²) in [7, 11) is 0. The third kappa shape index (κ3) is 3.65. The second-order valence-electron chi connectivity index (χ2n) is 6.75. The van der Waals surface area contributed by atoms with Crippen LogP contribution in [0.15, 0.2) is 18.2 Å². The van der Waals surface area contributed by atoms with Gasteiger partial charge in [0.15, 0.2) is 0 Å². The van der Waals surface area contributed by atoms with Gasteiger partial charge in [0.1, 0.15) is 0 Å². The van der Waals surface area contributed by atoms with Crippen LogP contribution in [0, 0.1) is 5.41 Å². The Labute approximate surface area is 148 Å². The first kappa shape index (κ1) is 17.4. The van der Waals surface area contributed by atoms with Gasteiger partial charge in [-0.2, -0.15) is 0 Å². The molecule has 1 aromatic rings. The summed E-state index contributed by atoms with van der Waals surface area (Å²) in [5.41, 5.74) is 3.03. The van der Waals surface area contributed by atoms with Crippen LogP contribution in [0.3, 0.4) is 0 Å². The molecule has 1 aliphatic carbocycles. The van der Waals surface area contributed by atoms with Gasteiger partial charge in [-0.1, -0.05) is 31.0 Å². The van der Waals surface area contributed by atoms with E-state index in [0.717, 1.165) is 36.3 Å². The van der Waals surface area contributed by atoms with Crippen LogP contribution in [-0.2, 0) is 16.0 Å². The molecule has 0 saturated carbocycles. The number of ether oxygens (including phenoxy) is 1. The maximum absolute atomic E-state index is 13.2. The molecule has 1 aliphatic heterocycles. The number of nitrogens with one attached hydrogen (secondary N) is 1.